The summed E-state index contributed by atoms with van der Waals surface area (Å²) in [6.45, 7) is 2.64. The lowest BCUT2D eigenvalue weighted by atomic mass is 10.1. The van der Waals surface area contributed by atoms with Crippen molar-refractivity contribution in [2.24, 2.45) is 0 Å². The number of thiophene rings is 1. The lowest BCUT2D eigenvalue weighted by Gasteiger charge is -2.14. The number of fused-ring (bicyclic) bond motifs is 1. The van der Waals surface area contributed by atoms with E-state index in [0.717, 1.165) is 21.8 Å². The smallest absolute Gasteiger partial charge is 0.231 e. The number of rotatable bonds is 4. The van der Waals surface area contributed by atoms with E-state index < -0.39 is 0 Å². The summed E-state index contributed by atoms with van der Waals surface area (Å²) in [5.74, 6) is 0.0867. The molecule has 1 aromatic carbocycles. The van der Waals surface area contributed by atoms with Crippen molar-refractivity contribution in [3.63, 3.8) is 0 Å². The number of carbonyl (C=O) groups excluding carboxylic acids is 2. The Labute approximate surface area is 127 Å². The number of nitrogens with zero attached hydrogens (tertiary/aromatic N) is 1. The lowest BCUT2D eigenvalue weighted by Crippen LogP contribution is -2.25. The van der Waals surface area contributed by atoms with E-state index in [4.69, 9.17) is 0 Å². The minimum atomic E-state index is -0.0333. The van der Waals surface area contributed by atoms with Gasteiger partial charge in [-0.3, -0.25) is 9.59 Å². The summed E-state index contributed by atoms with van der Waals surface area (Å²) in [4.78, 5) is 26.6. The van der Waals surface area contributed by atoms with Crippen LogP contribution in [0.2, 0.25) is 0 Å². The Balaban J connectivity index is 1.72. The van der Waals surface area contributed by atoms with Crippen molar-refractivity contribution in [1.29, 1.82) is 0 Å². The first-order valence-corrected chi connectivity index (χ1v) is 7.81. The van der Waals surface area contributed by atoms with Crippen molar-refractivity contribution >= 4 is 34.5 Å². The third-order valence-corrected chi connectivity index (χ3v) is 4.40. The van der Waals surface area contributed by atoms with E-state index >= 15 is 0 Å². The van der Waals surface area contributed by atoms with Crippen LogP contribution in [0.5, 0.6) is 0 Å². The van der Waals surface area contributed by atoms with Gasteiger partial charge in [-0.25, -0.2) is 0 Å². The van der Waals surface area contributed by atoms with E-state index in [1.165, 1.54) is 0 Å². The summed E-state index contributed by atoms with van der Waals surface area (Å²) in [7, 11) is 0. The van der Waals surface area contributed by atoms with Gasteiger partial charge in [-0.1, -0.05) is 6.07 Å². The molecule has 1 aliphatic rings. The molecule has 3 rings (SSSR count). The number of hydrogen-bond acceptors (Lipinski definition) is 3. The number of nitrogens with one attached hydrogen (secondary N) is 1. The van der Waals surface area contributed by atoms with Gasteiger partial charge in [-0.2, -0.15) is 0 Å². The molecule has 0 radical (unpaired) electrons. The zero-order valence-electron chi connectivity index (χ0n) is 11.8. The highest BCUT2D eigenvalue weighted by Gasteiger charge is 2.25. The molecule has 0 spiro atoms. The third kappa shape index (κ3) is 2.83. The molecule has 2 aromatic rings. The van der Waals surface area contributed by atoms with Gasteiger partial charge in [0.2, 0.25) is 11.8 Å². The van der Waals surface area contributed by atoms with Crippen LogP contribution in [0.3, 0.4) is 0 Å². The van der Waals surface area contributed by atoms with Crippen LogP contribution in [0, 0.1) is 0 Å². The van der Waals surface area contributed by atoms with Crippen molar-refractivity contribution in [1.82, 2.24) is 0 Å². The molecule has 1 aliphatic heterocycles. The Hall–Kier alpha value is -2.14. The Morgan fingerprint density at radius 2 is 2.24 bits per heavy atom. The van der Waals surface area contributed by atoms with Gasteiger partial charge in [-0.15, -0.1) is 11.3 Å². The molecule has 2 heterocycles. The van der Waals surface area contributed by atoms with E-state index in [2.05, 4.69) is 5.32 Å². The first-order chi connectivity index (χ1) is 10.2. The van der Waals surface area contributed by atoms with Crippen LogP contribution in [-0.4, -0.2) is 18.4 Å². The maximum atomic E-state index is 12.0. The molecular weight excluding hydrogens is 284 g/mol. The van der Waals surface area contributed by atoms with Gasteiger partial charge >= 0.3 is 0 Å². The average molecular weight is 300 g/mol. The van der Waals surface area contributed by atoms with Crippen LogP contribution in [0.1, 0.15) is 17.4 Å². The first-order valence-electron chi connectivity index (χ1n) is 6.93. The van der Waals surface area contributed by atoms with Gasteiger partial charge in [0, 0.05) is 22.8 Å². The predicted molar refractivity (Wildman–Crippen MR) is 84.8 cm³/mol. The summed E-state index contributed by atoms with van der Waals surface area (Å²) in [6.07, 6.45) is 0.798. The molecule has 2 amide bonds. The van der Waals surface area contributed by atoms with Crippen LogP contribution < -0.4 is 10.2 Å². The summed E-state index contributed by atoms with van der Waals surface area (Å²) in [5.41, 5.74) is 2.69. The monoisotopic (exact) mass is 300 g/mol. The van der Waals surface area contributed by atoms with Crippen molar-refractivity contribution < 1.29 is 9.59 Å². The standard InChI is InChI=1S/C16H16N2O2S/c1-2-18-14-6-5-12(8-11(14)9-16(18)20)17-15(19)10-13-4-3-7-21-13/h3-8H,2,9-10H2,1H3,(H,17,19). The third-order valence-electron chi connectivity index (χ3n) is 3.53. The highest BCUT2D eigenvalue weighted by molar-refractivity contribution is 7.10. The van der Waals surface area contributed by atoms with Gasteiger partial charge in [0.25, 0.3) is 0 Å². The number of hydrogen-bond donors (Lipinski definition) is 1. The minimum absolute atomic E-state index is 0.0333. The minimum Gasteiger partial charge on any atom is -0.326 e. The lowest BCUT2D eigenvalue weighted by molar-refractivity contribution is -0.117. The zero-order valence-corrected chi connectivity index (χ0v) is 12.6. The molecule has 21 heavy (non-hydrogen) atoms. The molecule has 0 fully saturated rings. The Morgan fingerprint density at radius 1 is 1.38 bits per heavy atom. The molecule has 5 heteroatoms. The largest absolute Gasteiger partial charge is 0.326 e. The fraction of sp³-hybridized carbons (Fsp3) is 0.250. The van der Waals surface area contributed by atoms with Crippen LogP contribution >= 0.6 is 11.3 Å². The first kappa shape index (κ1) is 13.8. The number of anilines is 2. The maximum Gasteiger partial charge on any atom is 0.231 e. The topological polar surface area (TPSA) is 49.4 Å². The number of likely N-dealkylation sites (N-methyl/N-ethyl adjacent to an activating group) is 1. The normalized spacial score (nSPS) is 13.4. The highest BCUT2D eigenvalue weighted by Crippen LogP contribution is 2.31. The number of carbonyl (C=O) groups is 2. The quantitative estimate of drug-likeness (QED) is 0.944. The molecule has 1 aromatic heterocycles. The van der Waals surface area contributed by atoms with Gasteiger partial charge in [0.05, 0.1) is 12.8 Å². The average Bonchev–Trinajstić information content (AvgIpc) is 3.04. The second-order valence-corrected chi connectivity index (χ2v) is 5.99. The fourth-order valence-corrected chi connectivity index (χ4v) is 3.29. The van der Waals surface area contributed by atoms with E-state index in [1.54, 1.807) is 16.2 Å². The molecular formula is C16H16N2O2S. The highest BCUT2D eigenvalue weighted by atomic mass is 32.1. The molecule has 0 unspecified atom stereocenters. The summed E-state index contributed by atoms with van der Waals surface area (Å²) >= 11 is 1.57. The molecule has 0 aliphatic carbocycles. The zero-order chi connectivity index (χ0) is 14.8. The second-order valence-electron chi connectivity index (χ2n) is 4.96. The van der Waals surface area contributed by atoms with Crippen molar-refractivity contribution in [3.8, 4) is 0 Å². The molecule has 4 nitrogen and oxygen atoms in total. The fourth-order valence-electron chi connectivity index (χ4n) is 2.58. The van der Waals surface area contributed by atoms with Crippen molar-refractivity contribution in [2.45, 2.75) is 19.8 Å². The van der Waals surface area contributed by atoms with Crippen molar-refractivity contribution in [2.75, 3.05) is 16.8 Å². The van der Waals surface area contributed by atoms with E-state index in [-0.39, 0.29) is 11.8 Å². The Morgan fingerprint density at radius 3 is 2.95 bits per heavy atom. The van der Waals surface area contributed by atoms with Crippen LogP contribution in [0.25, 0.3) is 0 Å². The van der Waals surface area contributed by atoms with Crippen molar-refractivity contribution in [3.05, 3.63) is 46.2 Å². The van der Waals surface area contributed by atoms with Crippen LogP contribution in [0.15, 0.2) is 35.7 Å². The van der Waals surface area contributed by atoms with Gasteiger partial charge < -0.3 is 10.2 Å². The number of amides is 2. The molecule has 0 saturated carbocycles. The summed E-state index contributed by atoms with van der Waals surface area (Å²) in [6, 6.07) is 9.55. The number of benzene rings is 1. The van der Waals surface area contributed by atoms with E-state index in [0.29, 0.717) is 19.4 Å². The molecule has 108 valence electrons. The molecule has 1 N–H and O–H groups in total. The Bertz CT molecular complexity index is 680. The van der Waals surface area contributed by atoms with E-state index in [1.807, 2.05) is 42.6 Å². The molecule has 0 bridgehead atoms. The maximum absolute atomic E-state index is 12.0. The summed E-state index contributed by atoms with van der Waals surface area (Å²) in [5, 5.41) is 4.86. The van der Waals surface area contributed by atoms with Crippen LogP contribution in [0.4, 0.5) is 11.4 Å². The molecule has 0 saturated heterocycles. The van der Waals surface area contributed by atoms with Gasteiger partial charge in [-0.05, 0) is 42.1 Å². The van der Waals surface area contributed by atoms with Crippen LogP contribution in [-0.2, 0) is 22.4 Å². The molecule has 0 atom stereocenters. The van der Waals surface area contributed by atoms with E-state index in [9.17, 15) is 9.59 Å². The van der Waals surface area contributed by atoms with Gasteiger partial charge in [0.15, 0.2) is 0 Å². The predicted octanol–water partition coefficient (Wildman–Crippen LogP) is 2.84. The second kappa shape index (κ2) is 5.69. The van der Waals surface area contributed by atoms with Gasteiger partial charge in [0.1, 0.15) is 0 Å². The Kier molecular flexibility index (Phi) is 3.75. The SMILES string of the molecule is CCN1C(=O)Cc2cc(NC(=O)Cc3cccs3)ccc21. The summed E-state index contributed by atoms with van der Waals surface area (Å²) < 4.78 is 0.